The lowest BCUT2D eigenvalue weighted by atomic mass is 10.1. The molecule has 0 aliphatic heterocycles. The third-order valence-corrected chi connectivity index (χ3v) is 7.84. The summed E-state index contributed by atoms with van der Waals surface area (Å²) in [4.78, 5) is 12.9. The smallest absolute Gasteiger partial charge is 0.246 e. The highest BCUT2D eigenvalue weighted by Gasteiger charge is 2.30. The van der Waals surface area contributed by atoms with Crippen molar-refractivity contribution in [1.29, 1.82) is 0 Å². The second-order valence-electron chi connectivity index (χ2n) is 7.75. The highest BCUT2D eigenvalue weighted by Crippen LogP contribution is 2.35. The number of anilines is 2. The Balaban J connectivity index is 1.95. The number of carbonyl (C=O) groups excluding carboxylic acids is 1. The number of hydrogen-bond acceptors (Lipinski definition) is 6. The van der Waals surface area contributed by atoms with E-state index in [9.17, 15) is 13.2 Å². The fraction of sp³-hybridized carbons (Fsp3) is 0.304. The maximum Gasteiger partial charge on any atom is 0.246 e. The number of sulfone groups is 1. The zero-order valence-corrected chi connectivity index (χ0v) is 20.5. The van der Waals surface area contributed by atoms with Gasteiger partial charge < -0.3 is 11.1 Å². The number of thioether (sulfide) groups is 1. The van der Waals surface area contributed by atoms with Crippen molar-refractivity contribution >= 4 is 39.0 Å². The van der Waals surface area contributed by atoms with Crippen LogP contribution in [0.1, 0.15) is 29.2 Å². The van der Waals surface area contributed by atoms with E-state index in [4.69, 9.17) is 5.73 Å². The van der Waals surface area contributed by atoms with Gasteiger partial charge in [-0.05, 0) is 56.7 Å². The van der Waals surface area contributed by atoms with Gasteiger partial charge in [0.05, 0.1) is 4.90 Å². The van der Waals surface area contributed by atoms with Crippen LogP contribution in [-0.4, -0.2) is 29.9 Å². The molecule has 7 nitrogen and oxygen atoms in total. The highest BCUT2D eigenvalue weighted by atomic mass is 32.2. The molecule has 1 heterocycles. The topological polar surface area (TPSA) is 107 Å². The number of hydrogen-bond donors (Lipinski definition) is 2. The number of benzene rings is 2. The molecule has 0 saturated carbocycles. The van der Waals surface area contributed by atoms with Gasteiger partial charge in [0.2, 0.25) is 15.7 Å². The van der Waals surface area contributed by atoms with Gasteiger partial charge >= 0.3 is 0 Å². The maximum absolute atomic E-state index is 13.3. The second kappa shape index (κ2) is 9.38. The van der Waals surface area contributed by atoms with Crippen LogP contribution in [0, 0.1) is 27.7 Å². The van der Waals surface area contributed by atoms with Crippen LogP contribution >= 0.6 is 11.8 Å². The molecule has 0 bridgehead atoms. The Labute approximate surface area is 193 Å². The predicted molar refractivity (Wildman–Crippen MR) is 129 cm³/mol. The van der Waals surface area contributed by atoms with Crippen molar-refractivity contribution in [2.24, 2.45) is 0 Å². The van der Waals surface area contributed by atoms with Gasteiger partial charge in [0.25, 0.3) is 0 Å². The summed E-state index contributed by atoms with van der Waals surface area (Å²) in [6, 6.07) is 10.6. The summed E-state index contributed by atoms with van der Waals surface area (Å²) in [6.45, 7) is 9.45. The largest absolute Gasteiger partial charge is 0.383 e. The minimum atomic E-state index is -3.89. The fourth-order valence-electron chi connectivity index (χ4n) is 3.57. The van der Waals surface area contributed by atoms with E-state index in [2.05, 4.69) is 10.4 Å². The molecule has 0 spiro atoms. The molecule has 1 aromatic heterocycles. The normalized spacial score (nSPS) is 11.5. The molecule has 0 atom stereocenters. The van der Waals surface area contributed by atoms with Gasteiger partial charge in [-0.15, -0.1) is 11.8 Å². The van der Waals surface area contributed by atoms with Crippen LogP contribution in [0.25, 0.3) is 0 Å². The van der Waals surface area contributed by atoms with Crippen LogP contribution < -0.4 is 11.1 Å². The van der Waals surface area contributed by atoms with Crippen LogP contribution in [0.3, 0.4) is 0 Å². The first-order valence-corrected chi connectivity index (χ1v) is 12.7. The molecule has 0 aliphatic carbocycles. The van der Waals surface area contributed by atoms with Crippen LogP contribution in [0.5, 0.6) is 0 Å². The van der Waals surface area contributed by atoms with E-state index in [0.717, 1.165) is 27.9 Å². The van der Waals surface area contributed by atoms with E-state index < -0.39 is 9.84 Å². The number of aryl methyl sites for hydroxylation is 4. The van der Waals surface area contributed by atoms with Gasteiger partial charge in [-0.25, -0.2) is 13.1 Å². The zero-order chi connectivity index (χ0) is 23.6. The molecule has 32 heavy (non-hydrogen) atoms. The van der Waals surface area contributed by atoms with E-state index in [0.29, 0.717) is 10.8 Å². The van der Waals surface area contributed by atoms with E-state index in [-0.39, 0.29) is 28.1 Å². The molecule has 9 heteroatoms. The Morgan fingerprint density at radius 1 is 1.06 bits per heavy atom. The second-order valence-corrected chi connectivity index (χ2v) is 10.9. The predicted octanol–water partition coefficient (Wildman–Crippen LogP) is 4.28. The van der Waals surface area contributed by atoms with Crippen molar-refractivity contribution < 1.29 is 13.2 Å². The van der Waals surface area contributed by atoms with Gasteiger partial charge in [0.1, 0.15) is 22.3 Å². The van der Waals surface area contributed by atoms with Gasteiger partial charge in [0, 0.05) is 5.69 Å². The first-order chi connectivity index (χ1) is 15.0. The molecular weight excluding hydrogens is 444 g/mol. The van der Waals surface area contributed by atoms with E-state index in [1.165, 1.54) is 16.4 Å². The van der Waals surface area contributed by atoms with E-state index in [1.54, 1.807) is 24.3 Å². The molecule has 3 rings (SSSR count). The summed E-state index contributed by atoms with van der Waals surface area (Å²) >= 11 is 1.28. The Morgan fingerprint density at radius 3 is 2.22 bits per heavy atom. The number of nitrogen functional groups attached to an aromatic ring is 1. The lowest BCUT2D eigenvalue weighted by molar-refractivity contribution is -0.116. The first kappa shape index (κ1) is 23.9. The molecule has 0 aliphatic rings. The van der Waals surface area contributed by atoms with Gasteiger partial charge in [0.15, 0.2) is 0 Å². The number of nitrogens with zero attached hydrogens (tertiary/aromatic N) is 2. The Kier molecular flexibility index (Phi) is 7.00. The average Bonchev–Trinajstić information content (AvgIpc) is 3.01. The third kappa shape index (κ3) is 4.83. The standard InChI is InChI=1S/C23H28N4O3S2/c1-6-31-23-21(32(29,30)18-9-7-14(2)8-10-18)22(24)27(26-23)13-19(28)25-20-16(4)11-15(3)12-17(20)5/h7-12H,6,13,24H2,1-5H3,(H,25,28). The van der Waals surface area contributed by atoms with Crippen LogP contribution in [0.15, 0.2) is 51.2 Å². The average molecular weight is 473 g/mol. The quantitative estimate of drug-likeness (QED) is 0.497. The van der Waals surface area contributed by atoms with Crippen molar-refractivity contribution in [2.75, 3.05) is 16.8 Å². The third-order valence-electron chi connectivity index (χ3n) is 5.03. The van der Waals surface area contributed by atoms with Crippen LogP contribution in [0.4, 0.5) is 11.5 Å². The number of aromatic nitrogens is 2. The minimum Gasteiger partial charge on any atom is -0.383 e. The first-order valence-electron chi connectivity index (χ1n) is 10.2. The van der Waals surface area contributed by atoms with Gasteiger partial charge in [-0.2, -0.15) is 5.10 Å². The summed E-state index contributed by atoms with van der Waals surface area (Å²) in [5.74, 6) is 0.233. The lowest BCUT2D eigenvalue weighted by Gasteiger charge is -2.13. The molecular formula is C23H28N4O3S2. The molecule has 170 valence electrons. The molecule has 0 unspecified atom stereocenters. The molecule has 0 radical (unpaired) electrons. The number of nitrogens with one attached hydrogen (secondary N) is 1. The molecule has 0 saturated heterocycles. The molecule has 3 N–H and O–H groups in total. The SMILES string of the molecule is CCSc1nn(CC(=O)Nc2c(C)cc(C)cc2C)c(N)c1S(=O)(=O)c1ccc(C)cc1. The number of amides is 1. The Bertz CT molecular complexity index is 1240. The zero-order valence-electron chi connectivity index (χ0n) is 18.9. The summed E-state index contributed by atoms with van der Waals surface area (Å²) in [7, 11) is -3.89. The van der Waals surface area contributed by atoms with Gasteiger partial charge in [-0.3, -0.25) is 4.79 Å². The summed E-state index contributed by atoms with van der Waals surface area (Å²) in [6.07, 6.45) is 0. The van der Waals surface area contributed by atoms with Crippen LogP contribution in [-0.2, 0) is 21.2 Å². The summed E-state index contributed by atoms with van der Waals surface area (Å²) in [5, 5.41) is 7.56. The van der Waals surface area contributed by atoms with E-state index in [1.807, 2.05) is 46.8 Å². The molecule has 3 aromatic rings. The summed E-state index contributed by atoms with van der Waals surface area (Å²) in [5.41, 5.74) is 10.9. The minimum absolute atomic E-state index is 0.0472. The van der Waals surface area contributed by atoms with Crippen molar-refractivity contribution in [3.8, 4) is 0 Å². The fourth-order valence-corrected chi connectivity index (χ4v) is 6.12. The van der Waals surface area contributed by atoms with Crippen LogP contribution in [0.2, 0.25) is 0 Å². The van der Waals surface area contributed by atoms with Crippen molar-refractivity contribution in [1.82, 2.24) is 9.78 Å². The van der Waals surface area contributed by atoms with Crippen molar-refractivity contribution in [3.63, 3.8) is 0 Å². The number of nitrogens with two attached hydrogens (primary N) is 1. The highest BCUT2D eigenvalue weighted by molar-refractivity contribution is 8.00. The van der Waals surface area contributed by atoms with E-state index >= 15 is 0 Å². The molecule has 2 aromatic carbocycles. The molecule has 1 amide bonds. The maximum atomic E-state index is 13.3. The summed E-state index contributed by atoms with van der Waals surface area (Å²) < 4.78 is 27.9. The van der Waals surface area contributed by atoms with Gasteiger partial charge in [-0.1, -0.05) is 42.3 Å². The van der Waals surface area contributed by atoms with Crippen molar-refractivity contribution in [3.05, 3.63) is 58.7 Å². The van der Waals surface area contributed by atoms with Crippen molar-refractivity contribution in [2.45, 2.75) is 56.0 Å². The Hall–Kier alpha value is -2.78. The monoisotopic (exact) mass is 472 g/mol. The number of carbonyl (C=O) groups is 1. The lowest BCUT2D eigenvalue weighted by Crippen LogP contribution is -2.22. The number of rotatable bonds is 7. The Morgan fingerprint density at radius 2 is 1.66 bits per heavy atom. The molecule has 0 fully saturated rings.